The highest BCUT2D eigenvalue weighted by molar-refractivity contribution is 9.09. The van der Waals surface area contributed by atoms with Gasteiger partial charge in [-0.15, -0.1) is 0 Å². The first-order valence-electron chi connectivity index (χ1n) is 4.74. The Morgan fingerprint density at radius 3 is 2.07 bits per heavy atom. The van der Waals surface area contributed by atoms with Crippen LogP contribution >= 0.6 is 15.9 Å². The molecule has 84 valence electrons. The zero-order valence-corrected chi connectivity index (χ0v) is 9.90. The van der Waals surface area contributed by atoms with E-state index in [2.05, 4.69) is 29.8 Å². The summed E-state index contributed by atoms with van der Waals surface area (Å²) in [5.74, 6) is 1.01. The van der Waals surface area contributed by atoms with Crippen LogP contribution in [0.1, 0.15) is 13.8 Å². The number of hydrogen-bond acceptors (Lipinski definition) is 1. The van der Waals surface area contributed by atoms with Gasteiger partial charge in [-0.05, 0) is 11.8 Å². The minimum absolute atomic E-state index is 0.0676. The number of halogens is 4. The first-order valence-corrected chi connectivity index (χ1v) is 5.65. The lowest BCUT2D eigenvalue weighted by atomic mass is 10.0. The predicted octanol–water partition coefficient (Wildman–Crippen LogP) is 2.90. The van der Waals surface area contributed by atoms with Crippen LogP contribution in [0, 0.1) is 11.8 Å². The highest BCUT2D eigenvalue weighted by Gasteiger charge is 2.40. The van der Waals surface area contributed by atoms with Crippen LogP contribution in [0.5, 0.6) is 0 Å². The molecule has 0 aliphatic carbocycles. The third-order valence-electron chi connectivity index (χ3n) is 2.84. The molecule has 0 aromatic heterocycles. The molecule has 3 unspecified atom stereocenters. The molecule has 1 aliphatic rings. The molecule has 5 heteroatoms. The molecule has 0 saturated carbocycles. The van der Waals surface area contributed by atoms with Gasteiger partial charge in [0, 0.05) is 19.6 Å². The molecule has 1 rings (SSSR count). The third kappa shape index (κ3) is 3.12. The summed E-state index contributed by atoms with van der Waals surface area (Å²) in [6, 6.07) is 0. The molecule has 0 N–H and O–H groups in total. The summed E-state index contributed by atoms with van der Waals surface area (Å²) < 4.78 is 36.7. The molecule has 3 atom stereocenters. The van der Waals surface area contributed by atoms with Crippen molar-refractivity contribution >= 4 is 15.9 Å². The number of nitrogens with zero attached hydrogens (tertiary/aromatic N) is 1. The predicted molar refractivity (Wildman–Crippen MR) is 53.5 cm³/mol. The average molecular weight is 274 g/mol. The van der Waals surface area contributed by atoms with Crippen molar-refractivity contribution in [3.63, 3.8) is 0 Å². The molecule has 1 aliphatic heterocycles. The molecule has 1 heterocycles. The van der Waals surface area contributed by atoms with Crippen LogP contribution in [0.2, 0.25) is 0 Å². The van der Waals surface area contributed by atoms with Crippen molar-refractivity contribution < 1.29 is 13.2 Å². The first kappa shape index (κ1) is 12.3. The van der Waals surface area contributed by atoms with E-state index in [0.717, 1.165) is 13.1 Å². The smallest absolute Gasteiger partial charge is 0.301 e. The van der Waals surface area contributed by atoms with Gasteiger partial charge in [0.15, 0.2) is 0 Å². The summed E-state index contributed by atoms with van der Waals surface area (Å²) in [5, 5.41) is 0. The zero-order valence-electron chi connectivity index (χ0n) is 8.31. The maximum Gasteiger partial charge on any atom is 0.402 e. The minimum atomic E-state index is -4.13. The van der Waals surface area contributed by atoms with Crippen molar-refractivity contribution in [1.82, 2.24) is 4.90 Å². The Bertz CT molecular complexity index is 185. The summed E-state index contributed by atoms with van der Waals surface area (Å²) in [7, 11) is 0. The second kappa shape index (κ2) is 4.39. The normalized spacial score (nSPS) is 32.1. The van der Waals surface area contributed by atoms with E-state index in [-0.39, 0.29) is 6.54 Å². The van der Waals surface area contributed by atoms with Crippen molar-refractivity contribution in [2.45, 2.75) is 24.9 Å². The molecule has 0 spiro atoms. The van der Waals surface area contributed by atoms with Gasteiger partial charge in [-0.2, -0.15) is 13.2 Å². The summed E-state index contributed by atoms with van der Waals surface area (Å²) in [5.41, 5.74) is 0. The van der Waals surface area contributed by atoms with Crippen molar-refractivity contribution in [3.8, 4) is 0 Å². The van der Waals surface area contributed by atoms with E-state index in [1.165, 1.54) is 0 Å². The summed E-state index contributed by atoms with van der Waals surface area (Å²) in [4.78, 5) is 0.481. The second-order valence-electron chi connectivity index (χ2n) is 4.18. The van der Waals surface area contributed by atoms with Gasteiger partial charge in [-0.25, -0.2) is 0 Å². The Kier molecular flexibility index (Phi) is 3.86. The maximum absolute atomic E-state index is 12.2. The standard InChI is InChI=1S/C9H15BrF3N/c1-6-3-14(4-7(6)2)5-8(10)9(11,12)13/h6-8H,3-5H2,1-2H3. The van der Waals surface area contributed by atoms with Crippen molar-refractivity contribution in [1.29, 1.82) is 0 Å². The molecule has 1 saturated heterocycles. The Labute approximate surface area is 90.8 Å². The summed E-state index contributed by atoms with van der Waals surface area (Å²) in [6.45, 7) is 5.79. The van der Waals surface area contributed by atoms with E-state index in [1.54, 1.807) is 0 Å². The number of rotatable bonds is 2. The van der Waals surface area contributed by atoms with E-state index in [0.29, 0.717) is 11.8 Å². The van der Waals surface area contributed by atoms with Crippen LogP contribution in [0.3, 0.4) is 0 Å². The molecule has 0 aromatic rings. The molecule has 1 nitrogen and oxygen atoms in total. The van der Waals surface area contributed by atoms with E-state index < -0.39 is 11.0 Å². The molecule has 14 heavy (non-hydrogen) atoms. The topological polar surface area (TPSA) is 3.24 Å². The Morgan fingerprint density at radius 1 is 1.29 bits per heavy atom. The van der Waals surface area contributed by atoms with Gasteiger partial charge in [-0.3, -0.25) is 0 Å². The van der Waals surface area contributed by atoms with E-state index in [9.17, 15) is 13.2 Å². The average Bonchev–Trinajstić information content (AvgIpc) is 2.29. The quantitative estimate of drug-likeness (QED) is 0.700. The van der Waals surface area contributed by atoms with Gasteiger partial charge in [0.1, 0.15) is 4.83 Å². The summed E-state index contributed by atoms with van der Waals surface area (Å²) in [6.07, 6.45) is -4.13. The minimum Gasteiger partial charge on any atom is -0.301 e. The molecule has 0 aromatic carbocycles. The highest BCUT2D eigenvalue weighted by atomic mass is 79.9. The van der Waals surface area contributed by atoms with E-state index in [1.807, 2.05) is 4.90 Å². The second-order valence-corrected chi connectivity index (χ2v) is 5.29. The zero-order chi connectivity index (χ0) is 10.9. The third-order valence-corrected chi connectivity index (χ3v) is 3.65. The van der Waals surface area contributed by atoms with Crippen LogP contribution in [0.15, 0.2) is 0 Å². The van der Waals surface area contributed by atoms with Crippen LogP contribution in [-0.2, 0) is 0 Å². The van der Waals surface area contributed by atoms with Gasteiger partial charge in [0.2, 0.25) is 0 Å². The summed E-state index contributed by atoms with van der Waals surface area (Å²) >= 11 is 2.68. The fourth-order valence-corrected chi connectivity index (χ4v) is 2.14. The number of alkyl halides is 4. The van der Waals surface area contributed by atoms with Gasteiger partial charge < -0.3 is 4.90 Å². The molecule has 0 amide bonds. The molecule has 1 fully saturated rings. The van der Waals surface area contributed by atoms with Crippen molar-refractivity contribution in [2.24, 2.45) is 11.8 Å². The lowest BCUT2D eigenvalue weighted by Gasteiger charge is -2.21. The van der Waals surface area contributed by atoms with Gasteiger partial charge in [0.05, 0.1) is 0 Å². The fraction of sp³-hybridized carbons (Fsp3) is 1.00. The van der Waals surface area contributed by atoms with E-state index in [4.69, 9.17) is 0 Å². The number of hydrogen-bond donors (Lipinski definition) is 0. The molecule has 0 radical (unpaired) electrons. The first-order chi connectivity index (χ1) is 6.30. The van der Waals surface area contributed by atoms with Crippen LogP contribution in [0.25, 0.3) is 0 Å². The Hall–Kier alpha value is 0.230. The van der Waals surface area contributed by atoms with Crippen LogP contribution in [0.4, 0.5) is 13.2 Å². The largest absolute Gasteiger partial charge is 0.402 e. The van der Waals surface area contributed by atoms with E-state index >= 15 is 0 Å². The molecular weight excluding hydrogens is 259 g/mol. The lowest BCUT2D eigenvalue weighted by molar-refractivity contribution is -0.130. The Morgan fingerprint density at radius 2 is 1.71 bits per heavy atom. The number of likely N-dealkylation sites (tertiary alicyclic amines) is 1. The van der Waals surface area contributed by atoms with Gasteiger partial charge in [-0.1, -0.05) is 29.8 Å². The van der Waals surface area contributed by atoms with Gasteiger partial charge in [0.25, 0.3) is 0 Å². The monoisotopic (exact) mass is 273 g/mol. The van der Waals surface area contributed by atoms with Crippen LogP contribution in [-0.4, -0.2) is 35.5 Å². The molecular formula is C9H15BrF3N. The van der Waals surface area contributed by atoms with Crippen molar-refractivity contribution in [3.05, 3.63) is 0 Å². The van der Waals surface area contributed by atoms with Gasteiger partial charge >= 0.3 is 6.18 Å². The SMILES string of the molecule is CC1CN(CC(Br)C(F)(F)F)CC1C. The maximum atomic E-state index is 12.2. The van der Waals surface area contributed by atoms with Crippen molar-refractivity contribution in [2.75, 3.05) is 19.6 Å². The highest BCUT2D eigenvalue weighted by Crippen LogP contribution is 2.29. The lowest BCUT2D eigenvalue weighted by Crippen LogP contribution is -2.36. The fourth-order valence-electron chi connectivity index (χ4n) is 1.73. The van der Waals surface area contributed by atoms with Crippen LogP contribution < -0.4 is 0 Å². The Balaban J connectivity index is 2.40. The molecule has 0 bridgehead atoms.